The lowest BCUT2D eigenvalue weighted by molar-refractivity contribution is -0.126. The Morgan fingerprint density at radius 2 is 1.75 bits per heavy atom. The molecule has 148 valence electrons. The van der Waals surface area contributed by atoms with Gasteiger partial charge in [-0.1, -0.05) is 23.8 Å². The highest BCUT2D eigenvalue weighted by molar-refractivity contribution is 7.93. The van der Waals surface area contributed by atoms with Crippen LogP contribution in [0.15, 0.2) is 47.4 Å². The molecule has 2 aromatic rings. The van der Waals surface area contributed by atoms with Crippen LogP contribution in [0.1, 0.15) is 43.4 Å². The van der Waals surface area contributed by atoms with Crippen molar-refractivity contribution in [1.82, 2.24) is 5.32 Å². The molecule has 1 saturated carbocycles. The number of carbonyl (C=O) groups excluding carboxylic acids is 1. The zero-order chi connectivity index (χ0) is 19.9. The number of carbonyl (C=O) groups is 1. The fourth-order valence-electron chi connectivity index (χ4n) is 3.65. The number of aryl methyl sites for hydroxylation is 1. The highest BCUT2D eigenvalue weighted by atomic mass is 32.2. The van der Waals surface area contributed by atoms with Crippen LogP contribution in [0.5, 0.6) is 11.5 Å². The van der Waals surface area contributed by atoms with Crippen LogP contribution in [0.2, 0.25) is 0 Å². The summed E-state index contributed by atoms with van der Waals surface area (Å²) in [5.41, 5.74) is 1.81. The van der Waals surface area contributed by atoms with Crippen LogP contribution >= 0.6 is 0 Å². The van der Waals surface area contributed by atoms with Crippen LogP contribution in [-0.4, -0.2) is 25.9 Å². The SMILES string of the molecule is Cc1ccc(S(=O)(=O)C2(C(=O)N[C@@H](C)c3ccc4c(c3)OCO4)CCC2)cc1. The number of hydrogen-bond acceptors (Lipinski definition) is 5. The fraction of sp³-hybridized carbons (Fsp3) is 0.381. The van der Waals surface area contributed by atoms with Gasteiger partial charge < -0.3 is 14.8 Å². The van der Waals surface area contributed by atoms with E-state index in [4.69, 9.17) is 9.47 Å². The quantitative estimate of drug-likeness (QED) is 0.831. The maximum atomic E-state index is 13.3. The van der Waals surface area contributed by atoms with Gasteiger partial charge in [-0.05, 0) is 62.9 Å². The Bertz CT molecular complexity index is 1010. The molecule has 0 saturated heterocycles. The summed E-state index contributed by atoms with van der Waals surface area (Å²) in [5.74, 6) is 0.855. The summed E-state index contributed by atoms with van der Waals surface area (Å²) < 4.78 is 35.8. The van der Waals surface area contributed by atoms with Gasteiger partial charge in [0.2, 0.25) is 12.7 Å². The number of hydrogen-bond donors (Lipinski definition) is 1. The van der Waals surface area contributed by atoms with Gasteiger partial charge in [0.05, 0.1) is 10.9 Å². The number of nitrogens with one attached hydrogen (secondary N) is 1. The molecule has 28 heavy (non-hydrogen) atoms. The van der Waals surface area contributed by atoms with Gasteiger partial charge in [-0.2, -0.15) is 0 Å². The average Bonchev–Trinajstić information content (AvgIpc) is 3.08. The highest BCUT2D eigenvalue weighted by Crippen LogP contribution is 2.43. The summed E-state index contributed by atoms with van der Waals surface area (Å²) in [4.78, 5) is 13.3. The number of benzene rings is 2. The molecule has 0 bridgehead atoms. The maximum Gasteiger partial charge on any atom is 0.242 e. The predicted molar refractivity (Wildman–Crippen MR) is 104 cm³/mol. The van der Waals surface area contributed by atoms with E-state index in [0.29, 0.717) is 24.3 Å². The van der Waals surface area contributed by atoms with E-state index in [2.05, 4.69) is 5.32 Å². The van der Waals surface area contributed by atoms with E-state index in [-0.39, 0.29) is 17.7 Å². The molecule has 1 aliphatic heterocycles. The Labute approximate surface area is 164 Å². The van der Waals surface area contributed by atoms with Crippen LogP contribution in [0.4, 0.5) is 0 Å². The molecular formula is C21H23NO5S. The van der Waals surface area contributed by atoms with Gasteiger partial charge in [0.25, 0.3) is 0 Å². The maximum absolute atomic E-state index is 13.3. The third kappa shape index (κ3) is 2.94. The topological polar surface area (TPSA) is 81.7 Å². The molecular weight excluding hydrogens is 378 g/mol. The predicted octanol–water partition coefficient (Wildman–Crippen LogP) is 3.30. The van der Waals surface area contributed by atoms with Crippen molar-refractivity contribution in [1.29, 1.82) is 0 Å². The Kier molecular flexibility index (Phi) is 4.57. The number of ether oxygens (including phenoxy) is 2. The number of rotatable bonds is 5. The summed E-state index contributed by atoms with van der Waals surface area (Å²) in [6, 6.07) is 11.8. The monoisotopic (exact) mass is 401 g/mol. The van der Waals surface area contributed by atoms with Crippen molar-refractivity contribution in [2.75, 3.05) is 6.79 Å². The molecule has 0 radical (unpaired) electrons. The second kappa shape index (κ2) is 6.81. The minimum atomic E-state index is -3.77. The normalized spacial score (nSPS) is 18.2. The molecule has 1 atom stereocenters. The first-order valence-corrected chi connectivity index (χ1v) is 10.8. The zero-order valence-corrected chi connectivity index (χ0v) is 16.7. The largest absolute Gasteiger partial charge is 0.454 e. The van der Waals surface area contributed by atoms with E-state index < -0.39 is 20.5 Å². The van der Waals surface area contributed by atoms with Gasteiger partial charge in [-0.25, -0.2) is 8.42 Å². The molecule has 4 rings (SSSR count). The second-order valence-electron chi connectivity index (χ2n) is 7.47. The summed E-state index contributed by atoms with van der Waals surface area (Å²) in [6.45, 7) is 3.91. The van der Waals surface area contributed by atoms with Crippen molar-refractivity contribution in [3.8, 4) is 11.5 Å². The molecule has 1 fully saturated rings. The third-order valence-electron chi connectivity index (χ3n) is 5.66. The van der Waals surface area contributed by atoms with Crippen molar-refractivity contribution in [3.05, 3.63) is 53.6 Å². The van der Waals surface area contributed by atoms with Crippen LogP contribution in [0.25, 0.3) is 0 Å². The highest BCUT2D eigenvalue weighted by Gasteiger charge is 2.55. The van der Waals surface area contributed by atoms with E-state index in [9.17, 15) is 13.2 Å². The zero-order valence-electron chi connectivity index (χ0n) is 15.9. The molecule has 6 nitrogen and oxygen atoms in total. The van der Waals surface area contributed by atoms with Gasteiger partial charge in [-0.3, -0.25) is 4.79 Å². The number of sulfone groups is 1. The minimum Gasteiger partial charge on any atom is -0.454 e. The Hall–Kier alpha value is -2.54. The number of fused-ring (bicyclic) bond motifs is 1. The molecule has 7 heteroatoms. The summed E-state index contributed by atoms with van der Waals surface area (Å²) >= 11 is 0. The van der Waals surface area contributed by atoms with Crippen molar-refractivity contribution < 1.29 is 22.7 Å². The van der Waals surface area contributed by atoms with Gasteiger partial charge in [0.15, 0.2) is 26.1 Å². The first kappa shape index (κ1) is 18.8. The van der Waals surface area contributed by atoms with Gasteiger partial charge in [0.1, 0.15) is 0 Å². The minimum absolute atomic E-state index is 0.178. The summed E-state index contributed by atoms with van der Waals surface area (Å²) in [7, 11) is -3.77. The lowest BCUT2D eigenvalue weighted by Gasteiger charge is -2.40. The molecule has 1 heterocycles. The van der Waals surface area contributed by atoms with Gasteiger partial charge >= 0.3 is 0 Å². The van der Waals surface area contributed by atoms with Gasteiger partial charge in [-0.15, -0.1) is 0 Å². The fourth-order valence-corrected chi connectivity index (χ4v) is 5.73. The van der Waals surface area contributed by atoms with Crippen molar-refractivity contribution >= 4 is 15.7 Å². The van der Waals surface area contributed by atoms with Crippen molar-refractivity contribution in [2.45, 2.75) is 48.8 Å². The molecule has 2 aliphatic rings. The van der Waals surface area contributed by atoms with Crippen molar-refractivity contribution in [2.24, 2.45) is 0 Å². The van der Waals surface area contributed by atoms with E-state index >= 15 is 0 Å². The van der Waals surface area contributed by atoms with E-state index in [0.717, 1.165) is 17.5 Å². The summed E-state index contributed by atoms with van der Waals surface area (Å²) in [5, 5.41) is 2.90. The van der Waals surface area contributed by atoms with E-state index in [1.54, 1.807) is 30.3 Å². The van der Waals surface area contributed by atoms with E-state index in [1.165, 1.54) is 0 Å². The first-order chi connectivity index (χ1) is 13.3. The smallest absolute Gasteiger partial charge is 0.242 e. The van der Waals surface area contributed by atoms with Crippen molar-refractivity contribution in [3.63, 3.8) is 0 Å². The molecule has 1 aliphatic carbocycles. The standard InChI is InChI=1S/C21H23NO5S/c1-14-4-7-17(8-5-14)28(24,25)21(10-3-11-21)20(23)22-15(2)16-6-9-18-19(12-16)27-13-26-18/h4-9,12,15H,3,10-11,13H2,1-2H3,(H,22,23)/t15-/m0/s1. The average molecular weight is 401 g/mol. The molecule has 0 aromatic heterocycles. The number of amides is 1. The van der Waals surface area contributed by atoms with Crippen LogP contribution < -0.4 is 14.8 Å². The Morgan fingerprint density at radius 1 is 1.07 bits per heavy atom. The Balaban J connectivity index is 1.57. The lowest BCUT2D eigenvalue weighted by Crippen LogP contribution is -2.57. The molecule has 1 amide bonds. The van der Waals surface area contributed by atoms with Crippen LogP contribution in [0.3, 0.4) is 0 Å². The summed E-state index contributed by atoms with van der Waals surface area (Å²) in [6.07, 6.45) is 1.39. The third-order valence-corrected chi connectivity index (χ3v) is 8.18. The molecule has 0 unspecified atom stereocenters. The Morgan fingerprint density at radius 3 is 2.39 bits per heavy atom. The molecule has 2 aromatic carbocycles. The van der Waals surface area contributed by atoms with E-state index in [1.807, 2.05) is 26.0 Å². The molecule has 0 spiro atoms. The van der Waals surface area contributed by atoms with Gasteiger partial charge in [0, 0.05) is 0 Å². The molecule has 1 N–H and O–H groups in total. The van der Waals surface area contributed by atoms with Crippen LogP contribution in [0, 0.1) is 6.92 Å². The first-order valence-electron chi connectivity index (χ1n) is 9.35. The van der Waals surface area contributed by atoms with Crippen LogP contribution in [-0.2, 0) is 14.6 Å². The second-order valence-corrected chi connectivity index (χ2v) is 9.73. The lowest BCUT2D eigenvalue weighted by atomic mass is 9.83.